The summed E-state index contributed by atoms with van der Waals surface area (Å²) in [5, 5.41) is 22.7. The molecule has 3 fully saturated rings. The summed E-state index contributed by atoms with van der Waals surface area (Å²) in [6, 6.07) is 2.63. The molecular weight excluding hydrogens is 773 g/mol. The van der Waals surface area contributed by atoms with E-state index in [2.05, 4.69) is 26.6 Å². The van der Waals surface area contributed by atoms with Crippen LogP contribution in [-0.2, 0) is 38.4 Å². The lowest BCUT2D eigenvalue weighted by molar-refractivity contribution is -0.145. The molecule has 1 aromatic carbocycles. The molecule has 3 aliphatic rings. The topological polar surface area (TPSA) is 220 Å². The number of carbonyl (C=O) groups excluding carboxylic acids is 7. The number of Topliss-reactive ketones (excluding diaryl/α,β-unsaturated/α-hetero) is 1. The number of nitrogens with zero attached hydrogens (tertiary/aromatic N) is 1. The van der Waals surface area contributed by atoms with Gasteiger partial charge in [0.1, 0.15) is 18.1 Å². The highest BCUT2D eigenvalue weighted by atomic mass is 32.2. The molecule has 5 unspecified atom stereocenters. The summed E-state index contributed by atoms with van der Waals surface area (Å²) in [7, 11) is 0. The van der Waals surface area contributed by atoms with E-state index in [0.717, 1.165) is 37.2 Å². The van der Waals surface area contributed by atoms with Crippen LogP contribution in [-0.4, -0.2) is 110 Å². The molecular formula is C40H58N6O9S2. The average molecular weight is 831 g/mol. The number of likely N-dealkylation sites (tertiary alicyclic amines) is 1. The van der Waals surface area contributed by atoms with Crippen molar-refractivity contribution in [2.24, 2.45) is 11.8 Å². The molecule has 1 spiro atoms. The molecule has 0 bridgehead atoms. The maximum atomic E-state index is 14.8. The first-order valence-electron chi connectivity index (χ1n) is 20.0. The van der Waals surface area contributed by atoms with Gasteiger partial charge in [-0.2, -0.15) is 0 Å². The summed E-state index contributed by atoms with van der Waals surface area (Å²) >= 11 is 3.40. The summed E-state index contributed by atoms with van der Waals surface area (Å²) in [4.78, 5) is 108. The van der Waals surface area contributed by atoms with Gasteiger partial charge in [-0.1, -0.05) is 76.8 Å². The minimum atomic E-state index is -1.37. The van der Waals surface area contributed by atoms with E-state index in [1.165, 1.54) is 19.1 Å². The number of aliphatic carboxylic acids is 1. The normalized spacial score (nSPS) is 20.1. The number of hydrogen-bond acceptors (Lipinski definition) is 10. The number of thioether (sulfide) groups is 2. The van der Waals surface area contributed by atoms with Crippen LogP contribution in [0.5, 0.6) is 0 Å². The quantitative estimate of drug-likeness (QED) is 0.118. The van der Waals surface area contributed by atoms with Crippen LogP contribution in [0.4, 0.5) is 0 Å². The molecule has 57 heavy (non-hydrogen) atoms. The Bertz CT molecular complexity index is 1620. The molecule has 2 saturated heterocycles. The molecule has 4 rings (SSSR count). The maximum Gasteiger partial charge on any atom is 0.330 e. The molecule has 314 valence electrons. The predicted octanol–water partition coefficient (Wildman–Crippen LogP) is 2.68. The second-order valence-electron chi connectivity index (χ2n) is 15.6. The molecule has 6 N–H and O–H groups in total. The molecule has 2 aliphatic heterocycles. The van der Waals surface area contributed by atoms with Crippen LogP contribution in [0.2, 0.25) is 0 Å². The van der Waals surface area contributed by atoms with E-state index in [0.29, 0.717) is 37.7 Å². The minimum absolute atomic E-state index is 0.0882. The van der Waals surface area contributed by atoms with Crippen molar-refractivity contribution in [3.05, 3.63) is 35.9 Å². The molecule has 1 saturated carbocycles. The Hall–Kier alpha value is -4.12. The fourth-order valence-electron chi connectivity index (χ4n) is 7.74. The molecule has 5 atom stereocenters. The van der Waals surface area contributed by atoms with Crippen molar-refractivity contribution < 1.29 is 43.5 Å². The summed E-state index contributed by atoms with van der Waals surface area (Å²) in [6.45, 7) is 6.59. The van der Waals surface area contributed by atoms with Gasteiger partial charge in [-0.05, 0) is 61.0 Å². The van der Waals surface area contributed by atoms with Crippen molar-refractivity contribution in [2.75, 3.05) is 24.6 Å². The van der Waals surface area contributed by atoms with Crippen molar-refractivity contribution in [3.63, 3.8) is 0 Å². The zero-order valence-electron chi connectivity index (χ0n) is 33.3. The number of rotatable bonds is 18. The van der Waals surface area contributed by atoms with Crippen LogP contribution in [0.3, 0.4) is 0 Å². The van der Waals surface area contributed by atoms with Crippen molar-refractivity contribution in [1.82, 2.24) is 31.5 Å². The van der Waals surface area contributed by atoms with Crippen molar-refractivity contribution in [1.29, 1.82) is 0 Å². The minimum Gasteiger partial charge on any atom is -0.479 e. The third-order valence-corrected chi connectivity index (χ3v) is 13.8. The van der Waals surface area contributed by atoms with E-state index in [-0.39, 0.29) is 36.6 Å². The van der Waals surface area contributed by atoms with Gasteiger partial charge < -0.3 is 36.6 Å². The third-order valence-electron chi connectivity index (χ3n) is 10.5. The number of hydrogen-bond donors (Lipinski definition) is 6. The van der Waals surface area contributed by atoms with Crippen LogP contribution in [0.25, 0.3) is 0 Å². The van der Waals surface area contributed by atoms with Crippen LogP contribution in [0.15, 0.2) is 30.3 Å². The van der Waals surface area contributed by atoms with Crippen LogP contribution >= 0.6 is 23.5 Å². The number of carbonyl (C=O) groups is 8. The SMILES string of the molecule is CCCC(NC(=O)C1CC2(CN1C(=O)C(NC(=O)C(CC(C)C)NC(C)=O)C1CCCCC1)SCCCS2)C(=O)C(=O)NCC(=O)NC(C(=O)O)c1ccccc1. The number of nitrogens with one attached hydrogen (secondary N) is 5. The van der Waals surface area contributed by atoms with Gasteiger partial charge in [-0.25, -0.2) is 4.79 Å². The van der Waals surface area contributed by atoms with Gasteiger partial charge in [0, 0.05) is 19.9 Å². The Labute approximate surface area is 343 Å². The van der Waals surface area contributed by atoms with E-state index in [1.807, 2.05) is 13.8 Å². The van der Waals surface area contributed by atoms with E-state index < -0.39 is 76.2 Å². The average Bonchev–Trinajstić information content (AvgIpc) is 3.55. The molecule has 0 aromatic heterocycles. The van der Waals surface area contributed by atoms with Gasteiger partial charge in [0.2, 0.25) is 35.3 Å². The molecule has 2 heterocycles. The lowest BCUT2D eigenvalue weighted by Gasteiger charge is -2.36. The van der Waals surface area contributed by atoms with Gasteiger partial charge in [-0.15, -0.1) is 23.5 Å². The summed E-state index contributed by atoms with van der Waals surface area (Å²) in [5.41, 5.74) is 0.325. The van der Waals surface area contributed by atoms with Gasteiger partial charge in [0.25, 0.3) is 5.91 Å². The highest BCUT2D eigenvalue weighted by molar-refractivity contribution is 8.18. The molecule has 1 aliphatic carbocycles. The fourth-order valence-corrected chi connectivity index (χ4v) is 11.1. The van der Waals surface area contributed by atoms with Gasteiger partial charge in [-0.3, -0.25) is 33.6 Å². The summed E-state index contributed by atoms with van der Waals surface area (Å²) < 4.78 is -0.476. The van der Waals surface area contributed by atoms with Gasteiger partial charge >= 0.3 is 5.97 Å². The second-order valence-corrected chi connectivity index (χ2v) is 18.8. The smallest absolute Gasteiger partial charge is 0.330 e. The van der Waals surface area contributed by atoms with Crippen molar-refractivity contribution >= 4 is 70.7 Å². The zero-order chi connectivity index (χ0) is 41.7. The van der Waals surface area contributed by atoms with E-state index in [4.69, 9.17) is 0 Å². The lowest BCUT2D eigenvalue weighted by Crippen LogP contribution is -2.60. The van der Waals surface area contributed by atoms with E-state index in [1.54, 1.807) is 53.5 Å². The largest absolute Gasteiger partial charge is 0.479 e. The number of amides is 6. The Kier molecular flexibility index (Phi) is 17.3. The summed E-state index contributed by atoms with van der Waals surface area (Å²) in [6.07, 6.45) is 6.42. The molecule has 15 nitrogen and oxygen atoms in total. The van der Waals surface area contributed by atoms with E-state index in [9.17, 15) is 43.5 Å². The van der Waals surface area contributed by atoms with Crippen molar-refractivity contribution in [2.45, 2.75) is 126 Å². The first kappa shape index (κ1) is 45.6. The standard InChI is InChI=1S/C40H58N6O9S2/c1-5-13-28(34(49)37(52)41-22-31(48)44-33(39(54)55)27-16-10-7-11-17-27)43-36(51)30-21-40(56-18-12-19-57-40)23-46(30)38(53)32(26-14-8-6-9-15-26)45-35(50)29(20-24(2)3)42-25(4)47/h7,10-11,16-17,24,26,28-30,32-33H,5-6,8-9,12-15,18-23H2,1-4H3,(H,41,52)(H,42,47)(H,43,51)(H,44,48)(H,45,50)(H,54,55). The van der Waals surface area contributed by atoms with Gasteiger partial charge in [0.15, 0.2) is 6.04 Å². The maximum absolute atomic E-state index is 14.8. The Morgan fingerprint density at radius 2 is 1.54 bits per heavy atom. The van der Waals surface area contributed by atoms with Crippen molar-refractivity contribution in [3.8, 4) is 0 Å². The highest BCUT2D eigenvalue weighted by Crippen LogP contribution is 2.50. The van der Waals surface area contributed by atoms with Gasteiger partial charge in [0.05, 0.1) is 16.7 Å². The first-order valence-corrected chi connectivity index (χ1v) is 22.0. The monoisotopic (exact) mass is 830 g/mol. The number of ketones is 1. The third kappa shape index (κ3) is 12.9. The Balaban J connectivity index is 1.52. The van der Waals surface area contributed by atoms with Crippen LogP contribution in [0.1, 0.15) is 104 Å². The first-order chi connectivity index (χ1) is 27.1. The fraction of sp³-hybridized carbons (Fsp3) is 0.650. The number of carboxylic acid groups (broad SMARTS) is 1. The highest BCUT2D eigenvalue weighted by Gasteiger charge is 2.52. The second kappa shape index (κ2) is 21.6. The van der Waals surface area contributed by atoms with E-state index >= 15 is 0 Å². The Morgan fingerprint density at radius 1 is 0.877 bits per heavy atom. The predicted molar refractivity (Wildman–Crippen MR) is 218 cm³/mol. The molecule has 6 amide bonds. The zero-order valence-corrected chi connectivity index (χ0v) is 34.9. The van der Waals surface area contributed by atoms with Crippen LogP contribution < -0.4 is 26.6 Å². The lowest BCUT2D eigenvalue weighted by atomic mass is 9.83. The molecule has 17 heteroatoms. The number of benzene rings is 1. The summed E-state index contributed by atoms with van der Waals surface area (Å²) in [5.74, 6) is -4.42. The van der Waals surface area contributed by atoms with Crippen LogP contribution in [0, 0.1) is 11.8 Å². The number of carboxylic acids is 1. The Morgan fingerprint density at radius 3 is 2.14 bits per heavy atom. The molecule has 0 radical (unpaired) electrons. The molecule has 1 aromatic rings.